The average Bonchev–Trinajstić information content (AvgIpc) is 3.65. The lowest BCUT2D eigenvalue weighted by Gasteiger charge is -2.40. The van der Waals surface area contributed by atoms with E-state index in [9.17, 15) is 5.26 Å². The summed E-state index contributed by atoms with van der Waals surface area (Å²) in [4.78, 5) is 0. The van der Waals surface area contributed by atoms with Crippen LogP contribution in [0.3, 0.4) is 0 Å². The first-order chi connectivity index (χ1) is 24.1. The minimum absolute atomic E-state index is 0.244. The van der Waals surface area contributed by atoms with Crippen LogP contribution in [0.25, 0.3) is 49.8 Å². The number of hydrogen-bond acceptors (Lipinski definition) is 1. The Kier molecular flexibility index (Phi) is 6.76. The summed E-state index contributed by atoms with van der Waals surface area (Å²) in [6.45, 7) is 5.59. The van der Waals surface area contributed by atoms with Crippen LogP contribution in [0.4, 0.5) is 11.4 Å². The van der Waals surface area contributed by atoms with E-state index < -0.39 is 0 Å². The molecule has 234 valence electrons. The molecule has 9 rings (SSSR count). The first kappa shape index (κ1) is 29.2. The average molecular weight is 631 g/mol. The van der Waals surface area contributed by atoms with Gasteiger partial charge in [-0.3, -0.25) is 0 Å². The van der Waals surface area contributed by atoms with E-state index >= 15 is 0 Å². The second-order valence-corrected chi connectivity index (χ2v) is 13.3. The Balaban J connectivity index is 1.35. The van der Waals surface area contributed by atoms with Crippen molar-refractivity contribution in [1.29, 1.82) is 5.26 Å². The van der Waals surface area contributed by atoms with Gasteiger partial charge >= 0.3 is 0 Å². The maximum Gasteiger partial charge on any atom is 0.150 e. The third kappa shape index (κ3) is 4.25. The van der Waals surface area contributed by atoms with Crippen molar-refractivity contribution < 1.29 is 0 Å². The molecule has 0 saturated heterocycles. The highest BCUT2D eigenvalue weighted by Crippen LogP contribution is 2.58. The molecule has 0 amide bonds. The molecule has 3 nitrogen and oxygen atoms in total. The minimum atomic E-state index is 0.244. The van der Waals surface area contributed by atoms with E-state index in [-0.39, 0.29) is 5.92 Å². The molecular formula is C46H36N3+. The topological polar surface area (TPSA) is 28.7 Å². The lowest BCUT2D eigenvalue weighted by molar-refractivity contribution is 0.462. The Morgan fingerprint density at radius 3 is 1.88 bits per heavy atom. The third-order valence-corrected chi connectivity index (χ3v) is 10.8. The maximum absolute atomic E-state index is 9.99. The number of benzene rings is 6. The van der Waals surface area contributed by atoms with Gasteiger partial charge in [0.2, 0.25) is 0 Å². The smallest absolute Gasteiger partial charge is 0.150 e. The molecule has 0 N–H and O–H groups in total. The lowest BCUT2D eigenvalue weighted by Crippen LogP contribution is -2.43. The van der Waals surface area contributed by atoms with Gasteiger partial charge < -0.3 is 4.57 Å². The highest BCUT2D eigenvalue weighted by atomic mass is 15.4. The van der Waals surface area contributed by atoms with Crippen LogP contribution >= 0.6 is 0 Å². The Hall–Kier alpha value is -5.95. The lowest BCUT2D eigenvalue weighted by atomic mass is 9.80. The maximum atomic E-state index is 9.99. The molecule has 49 heavy (non-hydrogen) atoms. The zero-order valence-electron chi connectivity index (χ0n) is 27.8. The fraction of sp³-hybridized carbons (Fsp3) is 0.109. The van der Waals surface area contributed by atoms with Crippen molar-refractivity contribution in [3.05, 3.63) is 174 Å². The van der Waals surface area contributed by atoms with Gasteiger partial charge in [0.05, 0.1) is 34.9 Å². The van der Waals surface area contributed by atoms with Crippen LogP contribution in [0.1, 0.15) is 37.0 Å². The van der Waals surface area contributed by atoms with Gasteiger partial charge in [0.25, 0.3) is 0 Å². The number of hydrogen-bond donors (Lipinski definition) is 0. The summed E-state index contributed by atoms with van der Waals surface area (Å²) in [6.07, 6.45) is 3.34. The first-order valence-corrected chi connectivity index (χ1v) is 17.3. The normalized spacial score (nSPS) is 16.3. The molecule has 6 aromatic carbocycles. The summed E-state index contributed by atoms with van der Waals surface area (Å²) in [5.41, 5.74) is 15.7. The molecule has 1 aliphatic heterocycles. The second-order valence-electron chi connectivity index (χ2n) is 13.3. The standard InChI is InChI=1S/C46H36N3/c1-3-49(44-25-12-7-20-37(44)38-21-8-13-26-45(38)49)46-27-31(2)39(29-40(46)33-16-14-15-32(28-33)30-47)36-19-6-11-24-43(36)48-41-22-9-4-17-34(41)35-18-5-10-23-42(35)48/h4-26,28-29,31H,3,27H2,1-2H3/q+1. The number of fused-ring (bicyclic) bond motifs is 6. The van der Waals surface area contributed by atoms with Crippen molar-refractivity contribution in [2.45, 2.75) is 20.3 Å². The summed E-state index contributed by atoms with van der Waals surface area (Å²) in [7, 11) is 0. The van der Waals surface area contributed by atoms with Gasteiger partial charge in [0.15, 0.2) is 11.4 Å². The van der Waals surface area contributed by atoms with Gasteiger partial charge in [-0.15, -0.1) is 0 Å². The number of rotatable bonds is 5. The Bertz CT molecular complexity index is 2460. The second kappa shape index (κ2) is 11.3. The Morgan fingerprint density at radius 2 is 1.24 bits per heavy atom. The predicted molar refractivity (Wildman–Crippen MR) is 204 cm³/mol. The number of para-hydroxylation sites is 5. The molecule has 1 atom stereocenters. The van der Waals surface area contributed by atoms with E-state index in [1.54, 1.807) is 0 Å². The zero-order chi connectivity index (χ0) is 33.1. The summed E-state index contributed by atoms with van der Waals surface area (Å²) < 4.78 is 3.12. The monoisotopic (exact) mass is 630 g/mol. The van der Waals surface area contributed by atoms with Crippen molar-refractivity contribution in [3.63, 3.8) is 0 Å². The zero-order valence-corrected chi connectivity index (χ0v) is 27.8. The molecule has 1 aromatic heterocycles. The van der Waals surface area contributed by atoms with Crippen molar-refractivity contribution in [3.8, 4) is 22.9 Å². The number of allylic oxidation sites excluding steroid dienone is 4. The third-order valence-electron chi connectivity index (χ3n) is 10.8. The largest absolute Gasteiger partial charge is 0.309 e. The fourth-order valence-electron chi connectivity index (χ4n) is 8.72. The summed E-state index contributed by atoms with van der Waals surface area (Å²) in [5.74, 6) is 0.244. The number of nitriles is 1. The van der Waals surface area contributed by atoms with Crippen molar-refractivity contribution in [1.82, 2.24) is 9.05 Å². The van der Waals surface area contributed by atoms with E-state index in [1.165, 1.54) is 72.4 Å². The van der Waals surface area contributed by atoms with Crippen LogP contribution in [0, 0.1) is 17.2 Å². The van der Waals surface area contributed by atoms with Gasteiger partial charge in [0, 0.05) is 51.6 Å². The predicted octanol–water partition coefficient (Wildman–Crippen LogP) is 11.8. The van der Waals surface area contributed by atoms with Crippen molar-refractivity contribution >= 4 is 44.3 Å². The van der Waals surface area contributed by atoms with Crippen LogP contribution in [0.5, 0.6) is 0 Å². The molecule has 7 aromatic rings. The molecule has 0 fully saturated rings. The molecule has 0 saturated carbocycles. The molecule has 3 heteroatoms. The van der Waals surface area contributed by atoms with Gasteiger partial charge in [-0.2, -0.15) is 5.26 Å². The van der Waals surface area contributed by atoms with Crippen molar-refractivity contribution in [2.24, 2.45) is 5.92 Å². The van der Waals surface area contributed by atoms with Crippen LogP contribution in [0.15, 0.2) is 157 Å². The van der Waals surface area contributed by atoms with Gasteiger partial charge in [-0.1, -0.05) is 97.9 Å². The van der Waals surface area contributed by atoms with Crippen LogP contribution < -0.4 is 4.48 Å². The van der Waals surface area contributed by atoms with E-state index in [0.29, 0.717) is 10.0 Å². The molecule has 0 spiro atoms. The van der Waals surface area contributed by atoms with Gasteiger partial charge in [-0.05, 0) is 72.5 Å². The molecule has 1 aliphatic carbocycles. The molecular weight excluding hydrogens is 595 g/mol. The van der Waals surface area contributed by atoms with Crippen LogP contribution in [-0.4, -0.2) is 11.1 Å². The Morgan fingerprint density at radius 1 is 0.673 bits per heavy atom. The molecule has 1 unspecified atom stereocenters. The molecule has 0 bridgehead atoms. The number of quaternary nitrogens is 1. The van der Waals surface area contributed by atoms with Crippen molar-refractivity contribution in [2.75, 3.05) is 6.54 Å². The number of nitrogens with zero attached hydrogens (tertiary/aromatic N) is 3. The van der Waals surface area contributed by atoms with Crippen LogP contribution in [-0.2, 0) is 0 Å². The van der Waals surface area contributed by atoms with Crippen LogP contribution in [0.2, 0.25) is 0 Å². The van der Waals surface area contributed by atoms with Gasteiger partial charge in [-0.25, -0.2) is 4.48 Å². The summed E-state index contributed by atoms with van der Waals surface area (Å²) in [6, 6.07) is 54.8. The highest BCUT2D eigenvalue weighted by Gasteiger charge is 2.48. The van der Waals surface area contributed by atoms with E-state index in [2.05, 4.69) is 164 Å². The quantitative estimate of drug-likeness (QED) is 0.174. The first-order valence-electron chi connectivity index (χ1n) is 17.3. The Labute approximate surface area is 287 Å². The molecule has 0 radical (unpaired) electrons. The number of aromatic nitrogens is 1. The summed E-state index contributed by atoms with van der Waals surface area (Å²) in [5, 5.41) is 12.5. The van der Waals surface area contributed by atoms with E-state index in [1.807, 2.05) is 12.1 Å². The SMILES string of the molecule is CC[N+]1(C2=C(c3cccc(C#N)c3)C=C(c3ccccc3-n3c4ccccc4c4ccccc43)C(C)C2)c2ccccc2-c2ccccc21. The molecule has 2 heterocycles. The van der Waals surface area contributed by atoms with Gasteiger partial charge in [0.1, 0.15) is 5.70 Å². The molecule has 2 aliphatic rings. The minimum Gasteiger partial charge on any atom is -0.309 e. The van der Waals surface area contributed by atoms with E-state index in [4.69, 9.17) is 0 Å². The fourth-order valence-corrected chi connectivity index (χ4v) is 8.72. The highest BCUT2D eigenvalue weighted by molar-refractivity contribution is 6.10. The summed E-state index contributed by atoms with van der Waals surface area (Å²) >= 11 is 0. The van der Waals surface area contributed by atoms with E-state index in [0.717, 1.165) is 18.5 Å².